The number of allylic oxidation sites excluding steroid dienone is 4. The first-order valence-corrected chi connectivity index (χ1v) is 24.4. The summed E-state index contributed by atoms with van der Waals surface area (Å²) in [5.74, 6) is 0. The van der Waals surface area contributed by atoms with Crippen molar-refractivity contribution in [3.63, 3.8) is 0 Å². The second kappa shape index (κ2) is 17.7. The summed E-state index contributed by atoms with van der Waals surface area (Å²) in [5, 5.41) is 7.14. The van der Waals surface area contributed by atoms with Gasteiger partial charge in [0.15, 0.2) is 0 Å². The summed E-state index contributed by atoms with van der Waals surface area (Å²) >= 11 is 0. The number of hydrogen-bond acceptors (Lipinski definition) is 2. The fourth-order valence-corrected chi connectivity index (χ4v) is 10.8. The molecule has 11 aromatic carbocycles. The average molecular weight is 906 g/mol. The van der Waals surface area contributed by atoms with E-state index in [-0.39, 0.29) is 0 Å². The molecule has 0 fully saturated rings. The van der Waals surface area contributed by atoms with Gasteiger partial charge in [0.25, 0.3) is 0 Å². The Morgan fingerprint density at radius 2 is 0.775 bits per heavy atom. The van der Waals surface area contributed by atoms with Gasteiger partial charge in [-0.15, -0.1) is 0 Å². The molecule has 1 aliphatic heterocycles. The minimum Gasteiger partial charge on any atom is -0.455 e. The fourth-order valence-electron chi connectivity index (χ4n) is 10.8. The van der Waals surface area contributed by atoms with Crippen LogP contribution in [0.5, 0.6) is 0 Å². The lowest BCUT2D eigenvalue weighted by molar-refractivity contribution is 0.671. The molecule has 0 bridgehead atoms. The summed E-state index contributed by atoms with van der Waals surface area (Å²) in [4.78, 5) is 2.42. The van der Waals surface area contributed by atoms with Gasteiger partial charge in [0, 0.05) is 45.4 Å². The van der Waals surface area contributed by atoms with E-state index in [1.807, 2.05) is 0 Å². The van der Waals surface area contributed by atoms with Crippen molar-refractivity contribution in [2.45, 2.75) is 0 Å². The average Bonchev–Trinajstić information content (AvgIpc) is 3.85. The zero-order valence-electron chi connectivity index (χ0n) is 39.1. The van der Waals surface area contributed by atoms with Gasteiger partial charge in [0.1, 0.15) is 11.2 Å². The third-order valence-electron chi connectivity index (χ3n) is 14.2. The highest BCUT2D eigenvalue weighted by Gasteiger charge is 2.23. The van der Waals surface area contributed by atoms with Crippen molar-refractivity contribution < 1.29 is 4.42 Å². The number of hydrogen-bond donors (Lipinski definition) is 0. The molecule has 1 aliphatic rings. The largest absolute Gasteiger partial charge is 0.455 e. The van der Waals surface area contributed by atoms with E-state index in [0.29, 0.717) is 6.54 Å². The van der Waals surface area contributed by atoms with E-state index >= 15 is 0 Å². The van der Waals surface area contributed by atoms with Crippen LogP contribution >= 0.6 is 0 Å². The van der Waals surface area contributed by atoms with E-state index in [2.05, 4.69) is 272 Å². The van der Waals surface area contributed by atoms with Crippen LogP contribution in [0.1, 0.15) is 5.56 Å². The van der Waals surface area contributed by atoms with Crippen molar-refractivity contribution in [3.05, 3.63) is 273 Å². The molecule has 0 atom stereocenters. The predicted molar refractivity (Wildman–Crippen MR) is 302 cm³/mol. The van der Waals surface area contributed by atoms with Crippen molar-refractivity contribution in [1.82, 2.24) is 0 Å². The minimum absolute atomic E-state index is 0.665. The molecule has 0 saturated heterocycles. The first kappa shape index (κ1) is 41.9. The Hall–Kier alpha value is -9.24. The molecule has 13 rings (SSSR count). The maximum atomic E-state index is 7.24. The Kier molecular flexibility index (Phi) is 10.4. The monoisotopic (exact) mass is 905 g/mol. The van der Waals surface area contributed by atoms with Crippen molar-refractivity contribution in [3.8, 4) is 66.8 Å². The van der Waals surface area contributed by atoms with Crippen LogP contribution in [0, 0.1) is 0 Å². The summed E-state index contributed by atoms with van der Waals surface area (Å²) in [6.45, 7) is 5.27. The van der Waals surface area contributed by atoms with Crippen LogP contribution in [-0.4, -0.2) is 6.54 Å². The van der Waals surface area contributed by atoms with Crippen molar-refractivity contribution in [2.24, 2.45) is 0 Å². The SMILES string of the molecule is C=C1/C=C\C=C/CN(c2ccc(-c3c4ccccc4c(-c4ccccc4)c4ccccc34)cc2)c2cc(-c3cc(-c4ccccc4)cc4c3oc3c(-c5ccccc5)cc(-c5ccccc5)cc34)ccc21. The quantitative estimate of drug-likeness (QED) is 0.148. The van der Waals surface area contributed by atoms with Gasteiger partial charge in [-0.1, -0.05) is 225 Å². The third-order valence-corrected chi connectivity index (χ3v) is 14.2. The van der Waals surface area contributed by atoms with Crippen LogP contribution < -0.4 is 4.90 Å². The Balaban J connectivity index is 0.994. The van der Waals surface area contributed by atoms with E-state index in [0.717, 1.165) is 89.0 Å². The number of fused-ring (bicyclic) bond motifs is 6. The molecule has 0 saturated carbocycles. The summed E-state index contributed by atoms with van der Waals surface area (Å²) in [6.07, 6.45) is 8.56. The molecule has 0 radical (unpaired) electrons. The Bertz CT molecular complexity index is 3990. The number of rotatable bonds is 7. The second-order valence-electron chi connectivity index (χ2n) is 18.4. The maximum Gasteiger partial charge on any atom is 0.143 e. The first-order chi connectivity index (χ1) is 35.1. The smallest absolute Gasteiger partial charge is 0.143 e. The second-order valence-corrected chi connectivity index (χ2v) is 18.4. The molecule has 12 aromatic rings. The summed E-state index contributed by atoms with van der Waals surface area (Å²) in [6, 6.07) is 85.7. The van der Waals surface area contributed by atoms with Gasteiger partial charge in [-0.3, -0.25) is 0 Å². The Morgan fingerprint density at radius 3 is 1.30 bits per heavy atom. The van der Waals surface area contributed by atoms with Gasteiger partial charge in [-0.05, 0) is 125 Å². The summed E-state index contributed by atoms with van der Waals surface area (Å²) in [7, 11) is 0. The van der Waals surface area contributed by atoms with E-state index < -0.39 is 0 Å². The topological polar surface area (TPSA) is 16.4 Å². The molecule has 0 aliphatic carbocycles. The van der Waals surface area contributed by atoms with Crippen LogP contribution in [-0.2, 0) is 0 Å². The highest BCUT2D eigenvalue weighted by molar-refractivity contribution is 6.21. The molecule has 0 N–H and O–H groups in total. The van der Waals surface area contributed by atoms with Gasteiger partial charge >= 0.3 is 0 Å². The van der Waals surface area contributed by atoms with Crippen LogP contribution in [0.15, 0.2) is 272 Å². The molecule has 2 heterocycles. The molecule has 2 heteroatoms. The van der Waals surface area contributed by atoms with E-state index in [4.69, 9.17) is 4.42 Å². The maximum absolute atomic E-state index is 7.24. The van der Waals surface area contributed by atoms with E-state index in [9.17, 15) is 0 Å². The molecular formula is C69H47NO. The van der Waals surface area contributed by atoms with Crippen LogP contribution in [0.4, 0.5) is 11.4 Å². The highest BCUT2D eigenvalue weighted by atomic mass is 16.3. The molecule has 2 nitrogen and oxygen atoms in total. The van der Waals surface area contributed by atoms with Crippen LogP contribution in [0.3, 0.4) is 0 Å². The van der Waals surface area contributed by atoms with Crippen molar-refractivity contribution in [1.29, 1.82) is 0 Å². The lowest BCUT2D eigenvalue weighted by atomic mass is 9.86. The Labute approximate surface area is 414 Å². The molecule has 334 valence electrons. The number of benzene rings is 11. The van der Waals surface area contributed by atoms with E-state index in [1.54, 1.807) is 0 Å². The fraction of sp³-hybridized carbons (Fsp3) is 0.0145. The first-order valence-electron chi connectivity index (χ1n) is 24.4. The highest BCUT2D eigenvalue weighted by Crippen LogP contribution is 2.48. The molecular weight excluding hydrogens is 859 g/mol. The molecule has 0 unspecified atom stereocenters. The standard InChI is InChI=1S/C69H47NO/c1-46-21-7-6-20-40-70(55-37-34-51(35-38-55)67-59-32-18-16-30-57(59)66(50-28-14-5-15-29-50)58-31-17-19-33-60(58)67)65-45-52(36-39-56(46)65)62-42-54(48-24-10-3-11-25-48)44-64-63-43-53(47-22-8-2-9-23-47)41-61(68(63)71-69(62)64)49-26-12-4-13-27-49/h2-39,41-45H,1,40H2/b20-6-,21-7-. The van der Waals surface area contributed by atoms with Gasteiger partial charge in [-0.25, -0.2) is 0 Å². The third kappa shape index (κ3) is 7.45. The molecule has 1 aromatic heterocycles. The predicted octanol–water partition coefficient (Wildman–Crippen LogP) is 19.2. The minimum atomic E-state index is 0.665. The summed E-state index contributed by atoms with van der Waals surface area (Å²) < 4.78 is 7.24. The number of anilines is 2. The molecule has 0 spiro atoms. The van der Waals surface area contributed by atoms with Gasteiger partial charge in [0.2, 0.25) is 0 Å². The zero-order valence-corrected chi connectivity index (χ0v) is 39.1. The zero-order chi connectivity index (χ0) is 47.3. The number of nitrogens with zero attached hydrogens (tertiary/aromatic N) is 1. The Morgan fingerprint density at radius 1 is 0.338 bits per heavy atom. The lowest BCUT2D eigenvalue weighted by Gasteiger charge is -2.27. The molecule has 71 heavy (non-hydrogen) atoms. The van der Waals surface area contributed by atoms with E-state index in [1.165, 1.54) is 43.8 Å². The van der Waals surface area contributed by atoms with Crippen molar-refractivity contribution in [2.75, 3.05) is 11.4 Å². The number of furan rings is 1. The van der Waals surface area contributed by atoms with Crippen molar-refractivity contribution >= 4 is 60.4 Å². The summed E-state index contributed by atoms with van der Waals surface area (Å²) in [5.41, 5.74) is 19.7. The molecule has 0 amide bonds. The van der Waals surface area contributed by atoms with Crippen LogP contribution in [0.2, 0.25) is 0 Å². The van der Waals surface area contributed by atoms with Gasteiger partial charge in [-0.2, -0.15) is 0 Å². The normalized spacial score (nSPS) is 13.5. The van der Waals surface area contributed by atoms with Gasteiger partial charge < -0.3 is 9.32 Å². The van der Waals surface area contributed by atoms with Crippen LogP contribution in [0.25, 0.3) is 116 Å². The lowest BCUT2D eigenvalue weighted by Crippen LogP contribution is -2.18. The van der Waals surface area contributed by atoms with Gasteiger partial charge in [0.05, 0.1) is 0 Å².